The summed E-state index contributed by atoms with van der Waals surface area (Å²) in [4.78, 5) is 15.3. The fourth-order valence-electron chi connectivity index (χ4n) is 4.37. The van der Waals surface area contributed by atoms with E-state index in [-0.39, 0.29) is 21.9 Å². The van der Waals surface area contributed by atoms with Gasteiger partial charge in [-0.25, -0.2) is 4.98 Å². The van der Waals surface area contributed by atoms with Crippen molar-refractivity contribution in [1.82, 2.24) is 19.7 Å². The number of nitrogens with two attached hydrogens (primary N) is 1. The molecule has 3 N–H and O–H groups in total. The van der Waals surface area contributed by atoms with E-state index in [0.717, 1.165) is 43.6 Å². The maximum atomic E-state index is 13.0. The van der Waals surface area contributed by atoms with E-state index in [2.05, 4.69) is 30.6 Å². The summed E-state index contributed by atoms with van der Waals surface area (Å²) in [7, 11) is 0. The second-order valence-electron chi connectivity index (χ2n) is 9.09. The zero-order valence-corrected chi connectivity index (χ0v) is 18.4. The van der Waals surface area contributed by atoms with E-state index in [1.807, 2.05) is 39.1 Å². The molecular formula is C21H27N7OS. The molecule has 3 heterocycles. The lowest BCUT2D eigenvalue weighted by atomic mass is 9.73. The molecule has 0 aromatic carbocycles. The molecule has 0 unspecified atom stereocenters. The largest absolute Gasteiger partial charge is 0.598 e. The van der Waals surface area contributed by atoms with Gasteiger partial charge >= 0.3 is 0 Å². The minimum Gasteiger partial charge on any atom is -0.598 e. The van der Waals surface area contributed by atoms with Gasteiger partial charge < -0.3 is 15.2 Å². The molecular weight excluding hydrogens is 398 g/mol. The average Bonchev–Trinajstić information content (AvgIpc) is 3.00. The van der Waals surface area contributed by atoms with Gasteiger partial charge in [0.25, 0.3) is 0 Å². The molecule has 2 atom stereocenters. The van der Waals surface area contributed by atoms with Crippen LogP contribution in [0.15, 0.2) is 24.4 Å². The molecule has 0 amide bonds. The summed E-state index contributed by atoms with van der Waals surface area (Å²) >= 11 is -1.18. The highest BCUT2D eigenvalue weighted by Crippen LogP contribution is 2.52. The van der Waals surface area contributed by atoms with Gasteiger partial charge in [0.1, 0.15) is 22.3 Å². The number of pyridine rings is 1. The normalized spacial score (nSPS) is 21.3. The van der Waals surface area contributed by atoms with Crippen LogP contribution in [0.3, 0.4) is 0 Å². The van der Waals surface area contributed by atoms with Crippen LogP contribution in [0.4, 0.5) is 11.8 Å². The van der Waals surface area contributed by atoms with Gasteiger partial charge in [-0.2, -0.15) is 10.2 Å². The number of piperidine rings is 1. The van der Waals surface area contributed by atoms with Crippen molar-refractivity contribution in [2.24, 2.45) is 5.41 Å². The fourth-order valence-corrected chi connectivity index (χ4v) is 5.31. The number of nitriles is 1. The van der Waals surface area contributed by atoms with E-state index in [0.29, 0.717) is 11.8 Å². The quantitative estimate of drug-likeness (QED) is 0.717. The Hall–Kier alpha value is -2.41. The van der Waals surface area contributed by atoms with E-state index >= 15 is 0 Å². The molecule has 158 valence electrons. The van der Waals surface area contributed by atoms with Crippen LogP contribution < -0.4 is 15.4 Å². The van der Waals surface area contributed by atoms with E-state index < -0.39 is 11.4 Å². The number of nitrogen functional groups attached to an aromatic ring is 1. The highest BCUT2D eigenvalue weighted by atomic mass is 32.2. The van der Waals surface area contributed by atoms with Crippen molar-refractivity contribution in [1.29, 1.82) is 5.26 Å². The third-order valence-corrected chi connectivity index (χ3v) is 7.60. The molecule has 2 aromatic rings. The molecule has 30 heavy (non-hydrogen) atoms. The lowest BCUT2D eigenvalue weighted by molar-refractivity contribution is 0.175. The molecule has 4 rings (SSSR count). The van der Waals surface area contributed by atoms with Gasteiger partial charge in [0, 0.05) is 47.8 Å². The Labute approximate surface area is 180 Å². The van der Waals surface area contributed by atoms with Gasteiger partial charge in [-0.15, -0.1) is 4.72 Å². The monoisotopic (exact) mass is 425 g/mol. The Morgan fingerprint density at radius 1 is 1.33 bits per heavy atom. The van der Waals surface area contributed by atoms with Gasteiger partial charge in [-0.3, -0.25) is 4.98 Å². The fraction of sp³-hybridized carbons (Fsp3) is 0.524. The van der Waals surface area contributed by atoms with Crippen molar-refractivity contribution in [2.45, 2.75) is 50.8 Å². The maximum Gasteiger partial charge on any atom is 0.228 e. The lowest BCUT2D eigenvalue weighted by Crippen LogP contribution is -2.50. The van der Waals surface area contributed by atoms with E-state index in [1.54, 1.807) is 0 Å². The van der Waals surface area contributed by atoms with Gasteiger partial charge in [0.05, 0.1) is 6.04 Å². The van der Waals surface area contributed by atoms with Crippen molar-refractivity contribution in [3.63, 3.8) is 0 Å². The Morgan fingerprint density at radius 2 is 2.07 bits per heavy atom. The first-order chi connectivity index (χ1) is 14.2. The Kier molecular flexibility index (Phi) is 5.34. The van der Waals surface area contributed by atoms with Crippen LogP contribution in [0.5, 0.6) is 0 Å². The van der Waals surface area contributed by atoms with Crippen molar-refractivity contribution in [2.75, 3.05) is 23.7 Å². The second-order valence-corrected chi connectivity index (χ2v) is 11.1. The first-order valence-corrected chi connectivity index (χ1v) is 11.3. The van der Waals surface area contributed by atoms with Gasteiger partial charge in [0.2, 0.25) is 5.95 Å². The molecule has 2 aliphatic rings. The molecule has 0 radical (unpaired) electrons. The Morgan fingerprint density at radius 3 is 2.73 bits per heavy atom. The summed E-state index contributed by atoms with van der Waals surface area (Å²) in [5.74, 6) is 0.798. The number of nitrogens with zero attached hydrogens (tertiary/aromatic N) is 5. The minimum absolute atomic E-state index is 0.0140. The van der Waals surface area contributed by atoms with E-state index in [9.17, 15) is 9.81 Å². The average molecular weight is 426 g/mol. The minimum atomic E-state index is -1.18. The number of fused-ring (bicyclic) bond motifs is 1. The van der Waals surface area contributed by atoms with Crippen molar-refractivity contribution in [3.8, 4) is 6.07 Å². The third-order valence-electron chi connectivity index (χ3n) is 6.04. The van der Waals surface area contributed by atoms with Crippen LogP contribution in [0.1, 0.15) is 56.6 Å². The molecule has 1 fully saturated rings. The molecule has 1 aliphatic carbocycles. The summed E-state index contributed by atoms with van der Waals surface area (Å²) in [6.07, 6.45) is 4.44. The van der Waals surface area contributed by atoms with Crippen LogP contribution in [0, 0.1) is 16.7 Å². The number of hydrogen-bond acceptors (Lipinski definition) is 8. The Balaban J connectivity index is 1.58. The van der Waals surface area contributed by atoms with Crippen LogP contribution in [0.25, 0.3) is 0 Å². The van der Waals surface area contributed by atoms with Crippen LogP contribution >= 0.6 is 0 Å². The van der Waals surface area contributed by atoms with E-state index in [1.165, 1.54) is 6.07 Å². The summed E-state index contributed by atoms with van der Waals surface area (Å²) in [6, 6.07) is 7.56. The standard InChI is InChI=1S/C21H27N7OS/c1-20(2,3)30(29)27-18-15-5-4-8-24-16(15)12-21(18)6-9-28(10-7-21)19-25-14(13-22)11-17(23)26-19/h4-5,8,11,18,27H,6-7,9-10,12H2,1-3H3,(H2,23,25,26)/t18-,30-/m1/s1. The van der Waals surface area contributed by atoms with Crippen LogP contribution in [-0.4, -0.2) is 37.3 Å². The van der Waals surface area contributed by atoms with Gasteiger partial charge in [-0.05, 0) is 51.7 Å². The molecule has 1 aliphatic heterocycles. The highest BCUT2D eigenvalue weighted by molar-refractivity contribution is 7.90. The highest BCUT2D eigenvalue weighted by Gasteiger charge is 2.51. The first-order valence-electron chi connectivity index (χ1n) is 10.1. The number of nitrogens with one attached hydrogen (secondary N) is 1. The zero-order valence-electron chi connectivity index (χ0n) is 17.6. The molecule has 1 spiro atoms. The van der Waals surface area contributed by atoms with Crippen LogP contribution in [-0.2, 0) is 17.8 Å². The van der Waals surface area contributed by atoms with E-state index in [4.69, 9.17) is 5.73 Å². The topological polar surface area (TPSA) is 127 Å². The predicted octanol–water partition coefficient (Wildman–Crippen LogP) is 2.26. The van der Waals surface area contributed by atoms with Crippen molar-refractivity contribution < 1.29 is 4.55 Å². The van der Waals surface area contributed by atoms with Crippen LogP contribution in [0.2, 0.25) is 0 Å². The summed E-state index contributed by atoms with van der Waals surface area (Å²) in [5, 5.41) is 9.18. The molecule has 1 saturated heterocycles. The molecule has 0 bridgehead atoms. The van der Waals surface area contributed by atoms with Crippen molar-refractivity contribution >= 4 is 23.1 Å². The SMILES string of the molecule is CC(C)(C)[S@@+]([O-])N[C@@H]1c2cccnc2CC12CCN(c1nc(N)cc(C#N)n1)CC2. The van der Waals surface area contributed by atoms with Crippen molar-refractivity contribution in [3.05, 3.63) is 41.3 Å². The maximum absolute atomic E-state index is 13.0. The summed E-state index contributed by atoms with van der Waals surface area (Å²) < 4.78 is 16.0. The smallest absolute Gasteiger partial charge is 0.228 e. The first kappa shape index (κ1) is 20.8. The molecule has 9 heteroatoms. The lowest BCUT2D eigenvalue weighted by Gasteiger charge is -2.43. The van der Waals surface area contributed by atoms with Gasteiger partial charge in [-0.1, -0.05) is 6.07 Å². The molecule has 2 aromatic heterocycles. The summed E-state index contributed by atoms with van der Waals surface area (Å²) in [5.41, 5.74) is 8.30. The number of rotatable bonds is 3. The number of anilines is 2. The summed E-state index contributed by atoms with van der Waals surface area (Å²) in [6.45, 7) is 7.42. The Bertz CT molecular complexity index is 976. The number of aromatic nitrogens is 3. The predicted molar refractivity (Wildman–Crippen MR) is 117 cm³/mol. The third kappa shape index (κ3) is 3.83. The zero-order chi connectivity index (χ0) is 21.5. The second kappa shape index (κ2) is 7.69. The van der Waals surface area contributed by atoms with Gasteiger partial charge in [0.15, 0.2) is 0 Å². The molecule has 8 nitrogen and oxygen atoms in total. The number of hydrogen-bond donors (Lipinski definition) is 2. The molecule has 0 saturated carbocycles.